The maximum absolute atomic E-state index is 13.8. The third-order valence-electron chi connectivity index (χ3n) is 8.89. The fraction of sp³-hybridized carbons (Fsp3) is 0.957. The zero-order valence-corrected chi connectivity index (χ0v) is 20.7. The normalized spacial score (nSPS) is 45.1. The average molecular weight is 482 g/mol. The zero-order chi connectivity index (χ0) is 23.8. The quantitative estimate of drug-likeness (QED) is 0.272. The highest BCUT2D eigenvalue weighted by Gasteiger charge is 2.48. The lowest BCUT2D eigenvalue weighted by Gasteiger charge is -2.48. The molecule has 0 bridgehead atoms. The SMILES string of the molecule is CC1NC(N2CCN(C)CC2)CCC1C1CCNCC1NC(=O)C1C(N)NN2CC(F)CNC12. The smallest absolute Gasteiger partial charge is 0.229 e. The molecule has 0 radical (unpaired) electrons. The van der Waals surface area contributed by atoms with Gasteiger partial charge in [-0.15, -0.1) is 0 Å². The number of likely N-dealkylation sites (N-methyl/N-ethyl adjacent to an activating group) is 1. The number of halogens is 1. The average Bonchev–Trinajstić information content (AvgIpc) is 3.15. The van der Waals surface area contributed by atoms with Crippen LogP contribution in [0.3, 0.4) is 0 Å². The van der Waals surface area contributed by atoms with E-state index in [2.05, 4.69) is 50.5 Å². The Kier molecular flexibility index (Phi) is 7.72. The largest absolute Gasteiger partial charge is 0.351 e. The van der Waals surface area contributed by atoms with Gasteiger partial charge in [0.25, 0.3) is 0 Å². The summed E-state index contributed by atoms with van der Waals surface area (Å²) in [5.41, 5.74) is 9.36. The number of nitrogens with one attached hydrogen (secondary N) is 5. The molecular weight excluding hydrogens is 437 g/mol. The van der Waals surface area contributed by atoms with Crippen molar-refractivity contribution < 1.29 is 9.18 Å². The van der Waals surface area contributed by atoms with Crippen LogP contribution in [-0.4, -0.2) is 117 Å². The first-order chi connectivity index (χ1) is 16.4. The van der Waals surface area contributed by atoms with Crippen LogP contribution in [0, 0.1) is 17.8 Å². The first kappa shape index (κ1) is 24.8. The summed E-state index contributed by atoms with van der Waals surface area (Å²) in [5.74, 6) is 0.474. The molecule has 0 saturated carbocycles. The molecule has 0 aromatic heterocycles. The third-order valence-corrected chi connectivity index (χ3v) is 8.89. The Morgan fingerprint density at radius 3 is 2.65 bits per heavy atom. The van der Waals surface area contributed by atoms with Gasteiger partial charge in [-0.05, 0) is 51.6 Å². The fourth-order valence-corrected chi connectivity index (χ4v) is 6.92. The lowest BCUT2D eigenvalue weighted by molar-refractivity contribution is -0.128. The van der Waals surface area contributed by atoms with E-state index in [9.17, 15) is 9.18 Å². The zero-order valence-electron chi connectivity index (χ0n) is 20.7. The maximum atomic E-state index is 13.8. The van der Waals surface area contributed by atoms with Gasteiger partial charge in [0.05, 0.1) is 24.4 Å². The number of fused-ring (bicyclic) bond motifs is 1. The molecule has 1 amide bonds. The predicted octanol–water partition coefficient (Wildman–Crippen LogP) is -1.97. The minimum absolute atomic E-state index is 0.0391. The fourth-order valence-electron chi connectivity index (χ4n) is 6.92. The van der Waals surface area contributed by atoms with E-state index in [-0.39, 0.29) is 31.2 Å². The molecule has 5 rings (SSSR count). The molecule has 5 fully saturated rings. The highest BCUT2D eigenvalue weighted by molar-refractivity contribution is 5.80. The lowest BCUT2D eigenvalue weighted by Crippen LogP contribution is -2.63. The highest BCUT2D eigenvalue weighted by Crippen LogP contribution is 2.34. The molecule has 5 aliphatic heterocycles. The van der Waals surface area contributed by atoms with Crippen LogP contribution in [0.25, 0.3) is 0 Å². The minimum Gasteiger partial charge on any atom is -0.351 e. The summed E-state index contributed by atoms with van der Waals surface area (Å²) in [6.45, 7) is 9.13. The Morgan fingerprint density at radius 1 is 1.09 bits per heavy atom. The Bertz CT molecular complexity index is 708. The number of nitrogens with zero attached hydrogens (tertiary/aromatic N) is 3. The predicted molar refractivity (Wildman–Crippen MR) is 129 cm³/mol. The van der Waals surface area contributed by atoms with E-state index < -0.39 is 18.3 Å². The molecule has 11 heteroatoms. The van der Waals surface area contributed by atoms with E-state index in [1.165, 1.54) is 6.42 Å². The second-order valence-electron chi connectivity index (χ2n) is 11.1. The Balaban J connectivity index is 1.19. The highest BCUT2D eigenvalue weighted by atomic mass is 19.1. The number of hydrogen-bond acceptors (Lipinski definition) is 9. The van der Waals surface area contributed by atoms with Crippen molar-refractivity contribution in [2.24, 2.45) is 23.5 Å². The molecule has 10 nitrogen and oxygen atoms in total. The van der Waals surface area contributed by atoms with Crippen molar-refractivity contribution in [3.63, 3.8) is 0 Å². The van der Waals surface area contributed by atoms with E-state index >= 15 is 0 Å². The number of piperazine rings is 1. The second kappa shape index (κ2) is 10.6. The summed E-state index contributed by atoms with van der Waals surface area (Å²) in [5, 5.41) is 15.7. The Hall–Kier alpha value is -0.920. The topological polar surface area (TPSA) is 113 Å². The number of alkyl halides is 1. The van der Waals surface area contributed by atoms with Gasteiger partial charge in [-0.2, -0.15) is 0 Å². The number of amides is 1. The molecule has 0 aliphatic carbocycles. The van der Waals surface area contributed by atoms with E-state index in [1.807, 2.05) is 0 Å². The number of carbonyl (C=O) groups is 1. The van der Waals surface area contributed by atoms with Crippen molar-refractivity contribution in [3.8, 4) is 0 Å². The summed E-state index contributed by atoms with van der Waals surface area (Å²) in [4.78, 5) is 18.4. The summed E-state index contributed by atoms with van der Waals surface area (Å²) in [6.07, 6.45) is 2.12. The molecule has 0 spiro atoms. The van der Waals surface area contributed by atoms with Crippen molar-refractivity contribution in [1.82, 2.24) is 41.5 Å². The number of carbonyl (C=O) groups excluding carboxylic acids is 1. The Labute approximate surface area is 202 Å². The molecular formula is C23H44FN9O. The monoisotopic (exact) mass is 481 g/mol. The van der Waals surface area contributed by atoms with Crippen LogP contribution in [0.4, 0.5) is 4.39 Å². The van der Waals surface area contributed by atoms with Gasteiger partial charge in [-0.25, -0.2) is 14.8 Å². The van der Waals surface area contributed by atoms with Crippen molar-refractivity contribution in [2.75, 3.05) is 59.4 Å². The first-order valence-electron chi connectivity index (χ1n) is 13.3. The van der Waals surface area contributed by atoms with Crippen LogP contribution < -0.4 is 32.4 Å². The number of hydrogen-bond donors (Lipinski definition) is 6. The summed E-state index contributed by atoms with van der Waals surface area (Å²) >= 11 is 0. The molecule has 9 unspecified atom stereocenters. The van der Waals surface area contributed by atoms with Gasteiger partial charge in [-0.3, -0.25) is 20.3 Å². The van der Waals surface area contributed by atoms with Gasteiger partial charge < -0.3 is 21.3 Å². The number of nitrogens with two attached hydrogens (primary N) is 1. The van der Waals surface area contributed by atoms with E-state index in [0.29, 0.717) is 24.0 Å². The van der Waals surface area contributed by atoms with E-state index in [1.54, 1.807) is 5.01 Å². The van der Waals surface area contributed by atoms with Crippen LogP contribution in [0.5, 0.6) is 0 Å². The number of hydrazine groups is 1. The summed E-state index contributed by atoms with van der Waals surface area (Å²) in [7, 11) is 2.20. The van der Waals surface area contributed by atoms with Crippen molar-refractivity contribution in [3.05, 3.63) is 0 Å². The van der Waals surface area contributed by atoms with Crippen LogP contribution in [0.2, 0.25) is 0 Å². The van der Waals surface area contributed by atoms with E-state index in [0.717, 1.165) is 52.1 Å². The van der Waals surface area contributed by atoms with E-state index in [4.69, 9.17) is 5.73 Å². The maximum Gasteiger partial charge on any atom is 0.229 e. The van der Waals surface area contributed by atoms with Gasteiger partial charge in [-0.1, -0.05) is 0 Å². The molecule has 34 heavy (non-hydrogen) atoms. The molecule has 194 valence electrons. The molecule has 5 saturated heterocycles. The molecule has 5 heterocycles. The van der Waals surface area contributed by atoms with Crippen molar-refractivity contribution in [2.45, 2.75) is 62.9 Å². The number of rotatable bonds is 4. The molecule has 5 aliphatic rings. The molecule has 9 atom stereocenters. The number of piperidine rings is 2. The molecule has 7 N–H and O–H groups in total. The third kappa shape index (κ3) is 5.12. The van der Waals surface area contributed by atoms with Gasteiger partial charge in [0, 0.05) is 57.9 Å². The molecule has 0 aromatic carbocycles. The van der Waals surface area contributed by atoms with Crippen LogP contribution in [0.15, 0.2) is 0 Å². The first-order valence-corrected chi connectivity index (χ1v) is 13.3. The van der Waals surface area contributed by atoms with Gasteiger partial charge in [0.1, 0.15) is 6.17 Å². The van der Waals surface area contributed by atoms with Crippen molar-refractivity contribution >= 4 is 5.91 Å². The molecule has 0 aromatic rings. The van der Waals surface area contributed by atoms with Crippen LogP contribution >= 0.6 is 0 Å². The van der Waals surface area contributed by atoms with Crippen LogP contribution in [0.1, 0.15) is 26.2 Å². The van der Waals surface area contributed by atoms with Crippen molar-refractivity contribution in [1.29, 1.82) is 0 Å². The summed E-state index contributed by atoms with van der Waals surface area (Å²) in [6, 6.07) is 0.489. The van der Waals surface area contributed by atoms with Gasteiger partial charge >= 0.3 is 0 Å². The summed E-state index contributed by atoms with van der Waals surface area (Å²) < 4.78 is 13.8. The second-order valence-corrected chi connectivity index (χ2v) is 11.1. The van der Waals surface area contributed by atoms with Crippen LogP contribution in [-0.2, 0) is 4.79 Å². The Morgan fingerprint density at radius 2 is 1.88 bits per heavy atom. The van der Waals surface area contributed by atoms with Gasteiger partial charge in [0.15, 0.2) is 0 Å². The van der Waals surface area contributed by atoms with Gasteiger partial charge in [0.2, 0.25) is 5.91 Å². The standard InChI is InChI=1S/C23H44FN9O/c1-14-16(3-4-19(28-14)32-9-7-31(2)8-10-32)17-5-6-26-12-18(17)29-23(34)20-21(25)30-33-13-15(24)11-27-22(20)33/h14-22,26-28,30H,3-13,25H2,1-2H3,(H,29,34). The minimum atomic E-state index is -0.959. The lowest BCUT2D eigenvalue weighted by atomic mass is 9.73.